The molecule has 0 saturated carbocycles. The Morgan fingerprint density at radius 1 is 1.53 bits per heavy atom. The number of halogens is 1. The maximum atomic E-state index is 11.2. The molecule has 0 unspecified atom stereocenters. The van der Waals surface area contributed by atoms with Gasteiger partial charge in [-0.05, 0) is 31.2 Å². The number of H-pyrrole nitrogens is 1. The van der Waals surface area contributed by atoms with Gasteiger partial charge in [0.2, 0.25) is 0 Å². The number of nitrogens with one attached hydrogen (secondary N) is 1. The maximum Gasteiger partial charge on any atom is 0.330 e. The third-order valence-electron chi connectivity index (χ3n) is 2.36. The minimum Gasteiger partial charge on any atom is -0.463 e. The quantitative estimate of drug-likeness (QED) is 0.695. The fourth-order valence-corrected chi connectivity index (χ4v) is 1.96. The van der Waals surface area contributed by atoms with Gasteiger partial charge < -0.3 is 9.72 Å². The number of rotatable bonds is 3. The Morgan fingerprint density at radius 2 is 2.35 bits per heavy atom. The van der Waals surface area contributed by atoms with Crippen LogP contribution in [0.3, 0.4) is 0 Å². The van der Waals surface area contributed by atoms with E-state index in [0.29, 0.717) is 6.61 Å². The topological polar surface area (TPSA) is 42.1 Å². The number of fused-ring (bicyclic) bond motifs is 1. The molecule has 3 nitrogen and oxygen atoms in total. The summed E-state index contributed by atoms with van der Waals surface area (Å²) in [7, 11) is 0. The predicted molar refractivity (Wildman–Crippen MR) is 71.7 cm³/mol. The standard InChI is InChI=1S/C13H12BrNO2/c1-2-17-13(16)6-3-9-8-15-12-5-4-10(14)7-11(9)12/h3-8,15H,2H2,1H3/b6-3+. The van der Waals surface area contributed by atoms with Crippen LogP contribution in [-0.2, 0) is 9.53 Å². The third-order valence-corrected chi connectivity index (χ3v) is 2.85. The van der Waals surface area contributed by atoms with Crippen molar-refractivity contribution >= 4 is 38.9 Å². The summed E-state index contributed by atoms with van der Waals surface area (Å²) in [5, 5.41) is 1.07. The van der Waals surface area contributed by atoms with Gasteiger partial charge in [0.05, 0.1) is 6.61 Å². The van der Waals surface area contributed by atoms with Gasteiger partial charge in [-0.15, -0.1) is 0 Å². The molecular weight excluding hydrogens is 282 g/mol. The first-order valence-corrected chi connectivity index (χ1v) is 6.11. The van der Waals surface area contributed by atoms with Crippen molar-refractivity contribution in [2.24, 2.45) is 0 Å². The number of ether oxygens (including phenoxy) is 1. The van der Waals surface area contributed by atoms with Crippen molar-refractivity contribution in [3.8, 4) is 0 Å². The van der Waals surface area contributed by atoms with Crippen LogP contribution in [0.1, 0.15) is 12.5 Å². The smallest absolute Gasteiger partial charge is 0.330 e. The Bertz CT molecular complexity index is 572. The molecule has 2 rings (SSSR count). The van der Waals surface area contributed by atoms with E-state index in [1.54, 1.807) is 13.0 Å². The van der Waals surface area contributed by atoms with Crippen LogP contribution < -0.4 is 0 Å². The molecule has 1 N–H and O–H groups in total. The van der Waals surface area contributed by atoms with Gasteiger partial charge in [-0.1, -0.05) is 15.9 Å². The van der Waals surface area contributed by atoms with Crippen molar-refractivity contribution in [1.82, 2.24) is 4.98 Å². The second-order valence-electron chi connectivity index (χ2n) is 3.52. The summed E-state index contributed by atoms with van der Waals surface area (Å²) in [6.07, 6.45) is 5.06. The van der Waals surface area contributed by atoms with E-state index in [1.807, 2.05) is 24.4 Å². The highest BCUT2D eigenvalue weighted by atomic mass is 79.9. The Morgan fingerprint density at radius 3 is 3.12 bits per heavy atom. The van der Waals surface area contributed by atoms with Gasteiger partial charge in [0, 0.05) is 33.2 Å². The number of carbonyl (C=O) groups is 1. The molecule has 1 aromatic heterocycles. The van der Waals surface area contributed by atoms with Gasteiger partial charge in [-0.25, -0.2) is 4.79 Å². The van der Waals surface area contributed by atoms with Crippen molar-refractivity contribution in [3.05, 3.63) is 40.5 Å². The molecule has 1 heterocycles. The zero-order valence-electron chi connectivity index (χ0n) is 9.37. The highest BCUT2D eigenvalue weighted by Gasteiger charge is 2.02. The summed E-state index contributed by atoms with van der Waals surface area (Å²) in [6.45, 7) is 2.18. The van der Waals surface area contributed by atoms with Gasteiger partial charge in [-0.2, -0.15) is 0 Å². The first-order chi connectivity index (χ1) is 8.20. The van der Waals surface area contributed by atoms with E-state index in [0.717, 1.165) is 20.9 Å². The number of benzene rings is 1. The number of esters is 1. The first-order valence-electron chi connectivity index (χ1n) is 5.32. The van der Waals surface area contributed by atoms with Gasteiger partial charge in [-0.3, -0.25) is 0 Å². The fourth-order valence-electron chi connectivity index (χ4n) is 1.60. The van der Waals surface area contributed by atoms with Crippen LogP contribution in [0.25, 0.3) is 17.0 Å². The summed E-state index contributed by atoms with van der Waals surface area (Å²) < 4.78 is 5.84. The number of aromatic nitrogens is 1. The van der Waals surface area contributed by atoms with Crippen LogP contribution in [0.5, 0.6) is 0 Å². The van der Waals surface area contributed by atoms with Gasteiger partial charge in [0.1, 0.15) is 0 Å². The normalized spacial score (nSPS) is 11.2. The molecule has 0 spiro atoms. The SMILES string of the molecule is CCOC(=O)/C=C/c1c[nH]c2ccc(Br)cc12. The van der Waals surface area contributed by atoms with Gasteiger partial charge in [0.25, 0.3) is 0 Å². The molecule has 1 aromatic carbocycles. The number of aromatic amines is 1. The van der Waals surface area contributed by atoms with Crippen LogP contribution in [0, 0.1) is 0 Å². The van der Waals surface area contributed by atoms with Crippen LogP contribution in [0.15, 0.2) is 34.9 Å². The minimum atomic E-state index is -0.322. The van der Waals surface area contributed by atoms with E-state index in [2.05, 4.69) is 20.9 Å². The molecule has 0 aliphatic rings. The summed E-state index contributed by atoms with van der Waals surface area (Å²) in [4.78, 5) is 14.4. The van der Waals surface area contributed by atoms with Crippen LogP contribution >= 0.6 is 15.9 Å². The van der Waals surface area contributed by atoms with E-state index < -0.39 is 0 Å². The molecule has 0 radical (unpaired) electrons. The molecule has 88 valence electrons. The highest BCUT2D eigenvalue weighted by molar-refractivity contribution is 9.10. The molecule has 0 amide bonds. The Hall–Kier alpha value is -1.55. The maximum absolute atomic E-state index is 11.2. The van der Waals surface area contributed by atoms with Crippen LogP contribution in [0.4, 0.5) is 0 Å². The van der Waals surface area contributed by atoms with Crippen molar-refractivity contribution in [3.63, 3.8) is 0 Å². The van der Waals surface area contributed by atoms with E-state index in [4.69, 9.17) is 4.74 Å². The third kappa shape index (κ3) is 2.77. The largest absolute Gasteiger partial charge is 0.463 e. The molecule has 0 bridgehead atoms. The average molecular weight is 294 g/mol. The highest BCUT2D eigenvalue weighted by Crippen LogP contribution is 2.23. The molecule has 0 saturated heterocycles. The van der Waals surface area contributed by atoms with Gasteiger partial charge >= 0.3 is 5.97 Å². The molecule has 0 fully saturated rings. The molecule has 0 atom stereocenters. The summed E-state index contributed by atoms with van der Waals surface area (Å²) in [5.74, 6) is -0.322. The van der Waals surface area contributed by atoms with Crippen molar-refractivity contribution in [1.29, 1.82) is 0 Å². The second-order valence-corrected chi connectivity index (χ2v) is 4.43. The van der Waals surface area contributed by atoms with E-state index >= 15 is 0 Å². The Kier molecular flexibility index (Phi) is 3.64. The second kappa shape index (κ2) is 5.19. The monoisotopic (exact) mass is 293 g/mol. The lowest BCUT2D eigenvalue weighted by Crippen LogP contribution is -1.98. The lowest BCUT2D eigenvalue weighted by Gasteiger charge is -1.95. The number of hydrogen-bond donors (Lipinski definition) is 1. The lowest BCUT2D eigenvalue weighted by molar-refractivity contribution is -0.137. The molecule has 17 heavy (non-hydrogen) atoms. The van der Waals surface area contributed by atoms with E-state index in [9.17, 15) is 4.79 Å². The summed E-state index contributed by atoms with van der Waals surface area (Å²) in [5.41, 5.74) is 2.01. The Labute approximate surface area is 108 Å². The summed E-state index contributed by atoms with van der Waals surface area (Å²) in [6, 6.07) is 5.97. The Balaban J connectivity index is 2.30. The zero-order chi connectivity index (χ0) is 12.3. The first kappa shape index (κ1) is 11.9. The molecule has 4 heteroatoms. The van der Waals surface area contributed by atoms with Gasteiger partial charge in [0.15, 0.2) is 0 Å². The number of hydrogen-bond acceptors (Lipinski definition) is 2. The van der Waals surface area contributed by atoms with E-state index in [1.165, 1.54) is 6.08 Å². The molecule has 0 aliphatic heterocycles. The van der Waals surface area contributed by atoms with Crippen molar-refractivity contribution in [2.75, 3.05) is 6.61 Å². The minimum absolute atomic E-state index is 0.322. The lowest BCUT2D eigenvalue weighted by atomic mass is 10.1. The average Bonchev–Trinajstić information content (AvgIpc) is 2.69. The fraction of sp³-hybridized carbons (Fsp3) is 0.154. The molecule has 0 aliphatic carbocycles. The van der Waals surface area contributed by atoms with Crippen LogP contribution in [-0.4, -0.2) is 17.6 Å². The predicted octanol–water partition coefficient (Wildman–Crippen LogP) is 3.51. The van der Waals surface area contributed by atoms with Crippen molar-refractivity contribution < 1.29 is 9.53 Å². The van der Waals surface area contributed by atoms with Crippen molar-refractivity contribution in [2.45, 2.75) is 6.92 Å². The molecular formula is C13H12BrNO2. The number of carbonyl (C=O) groups excluding carboxylic acids is 1. The molecule has 2 aromatic rings. The van der Waals surface area contributed by atoms with Crippen LogP contribution in [0.2, 0.25) is 0 Å². The summed E-state index contributed by atoms with van der Waals surface area (Å²) >= 11 is 3.43. The van der Waals surface area contributed by atoms with E-state index in [-0.39, 0.29) is 5.97 Å². The zero-order valence-corrected chi connectivity index (χ0v) is 11.0.